The van der Waals surface area contributed by atoms with Crippen molar-refractivity contribution < 1.29 is 13.2 Å². The highest BCUT2D eigenvalue weighted by Gasteiger charge is 2.30. The Morgan fingerprint density at radius 2 is 1.62 bits per heavy atom. The number of rotatable bonds is 5. The highest BCUT2D eigenvalue weighted by atomic mass is 35.5. The fourth-order valence-electron chi connectivity index (χ4n) is 2.61. The van der Waals surface area contributed by atoms with Crippen LogP contribution in [0.2, 0.25) is 10.0 Å². The van der Waals surface area contributed by atoms with Gasteiger partial charge in [0, 0.05) is 15.7 Å². The van der Waals surface area contributed by atoms with Crippen LogP contribution in [-0.4, -0.2) is 26.6 Å². The molecule has 0 aromatic heterocycles. The summed E-state index contributed by atoms with van der Waals surface area (Å²) in [6.07, 6.45) is 1.06. The summed E-state index contributed by atoms with van der Waals surface area (Å²) < 4.78 is 25.9. The van der Waals surface area contributed by atoms with Crippen molar-refractivity contribution in [1.29, 1.82) is 0 Å². The van der Waals surface area contributed by atoms with E-state index in [9.17, 15) is 13.2 Å². The molecule has 0 aliphatic heterocycles. The lowest BCUT2D eigenvalue weighted by Gasteiger charge is -2.29. The van der Waals surface area contributed by atoms with Crippen LogP contribution >= 0.6 is 23.2 Å². The molecule has 0 saturated heterocycles. The zero-order chi connectivity index (χ0) is 19.6. The number of anilines is 2. The molecule has 0 unspecified atom stereocenters. The van der Waals surface area contributed by atoms with Crippen LogP contribution in [0, 0.1) is 13.8 Å². The van der Waals surface area contributed by atoms with Gasteiger partial charge in [-0.2, -0.15) is 0 Å². The minimum Gasteiger partial charge on any atom is -0.324 e. The minimum absolute atomic E-state index is 0.371. The largest absolute Gasteiger partial charge is 0.324 e. The van der Waals surface area contributed by atoms with Gasteiger partial charge in [-0.3, -0.25) is 9.10 Å². The third-order valence-corrected chi connectivity index (χ3v) is 5.64. The summed E-state index contributed by atoms with van der Waals surface area (Å²) >= 11 is 12.0. The molecule has 0 bridgehead atoms. The van der Waals surface area contributed by atoms with Crippen LogP contribution in [-0.2, 0) is 14.8 Å². The SMILES string of the molecule is Cc1cc(Cl)ccc1NC(=O)[C@@H](C)N(c1cc(Cl)ccc1C)S(C)(=O)=O. The van der Waals surface area contributed by atoms with Crippen LogP contribution in [0.25, 0.3) is 0 Å². The van der Waals surface area contributed by atoms with Crippen LogP contribution in [0.1, 0.15) is 18.1 Å². The first-order valence-corrected chi connectivity index (χ1v) is 10.4. The summed E-state index contributed by atoms with van der Waals surface area (Å²) in [4.78, 5) is 12.7. The van der Waals surface area contributed by atoms with E-state index in [1.807, 2.05) is 6.92 Å². The number of carbonyl (C=O) groups is 1. The lowest BCUT2D eigenvalue weighted by Crippen LogP contribution is -2.45. The molecule has 2 aromatic carbocycles. The number of halogens is 2. The average Bonchev–Trinajstić information content (AvgIpc) is 2.52. The number of benzene rings is 2. The third kappa shape index (κ3) is 4.69. The Bertz CT molecular complexity index is 945. The normalized spacial score (nSPS) is 12.5. The summed E-state index contributed by atoms with van der Waals surface area (Å²) in [5.41, 5.74) is 2.42. The standard InChI is InChI=1S/C18H20Cl2N2O3S/c1-11-5-6-15(20)10-17(11)22(26(4,24)25)13(3)18(23)21-16-8-7-14(19)9-12(16)2/h5-10,13H,1-4H3,(H,21,23)/t13-/m1/s1. The van der Waals surface area contributed by atoms with E-state index in [2.05, 4.69) is 5.32 Å². The van der Waals surface area contributed by atoms with Crippen molar-refractivity contribution >= 4 is 50.5 Å². The van der Waals surface area contributed by atoms with Crippen LogP contribution in [0.15, 0.2) is 36.4 Å². The Labute approximate surface area is 164 Å². The maximum atomic E-state index is 12.7. The number of carbonyl (C=O) groups excluding carboxylic acids is 1. The topological polar surface area (TPSA) is 66.5 Å². The maximum absolute atomic E-state index is 12.7. The van der Waals surface area contributed by atoms with Gasteiger partial charge in [0.2, 0.25) is 15.9 Å². The number of hydrogen-bond donors (Lipinski definition) is 1. The molecule has 8 heteroatoms. The number of nitrogens with zero attached hydrogens (tertiary/aromatic N) is 1. The van der Waals surface area contributed by atoms with Crippen LogP contribution in [0.5, 0.6) is 0 Å². The molecule has 1 amide bonds. The van der Waals surface area contributed by atoms with Gasteiger partial charge in [-0.15, -0.1) is 0 Å². The van der Waals surface area contributed by atoms with Crippen molar-refractivity contribution in [3.63, 3.8) is 0 Å². The summed E-state index contributed by atoms with van der Waals surface area (Å²) in [6, 6.07) is 9.00. The van der Waals surface area contributed by atoms with Gasteiger partial charge in [-0.25, -0.2) is 8.42 Å². The molecule has 1 atom stereocenters. The fraction of sp³-hybridized carbons (Fsp3) is 0.278. The predicted molar refractivity (Wildman–Crippen MR) is 108 cm³/mol. The molecule has 5 nitrogen and oxygen atoms in total. The van der Waals surface area contributed by atoms with Crippen molar-refractivity contribution in [2.75, 3.05) is 15.9 Å². The summed E-state index contributed by atoms with van der Waals surface area (Å²) in [7, 11) is -3.72. The quantitative estimate of drug-likeness (QED) is 0.787. The van der Waals surface area contributed by atoms with E-state index in [4.69, 9.17) is 23.2 Å². The van der Waals surface area contributed by atoms with Gasteiger partial charge in [0.25, 0.3) is 0 Å². The molecule has 0 aliphatic rings. The molecular formula is C18H20Cl2N2O3S. The van der Waals surface area contributed by atoms with E-state index >= 15 is 0 Å². The zero-order valence-corrected chi connectivity index (χ0v) is 17.2. The number of sulfonamides is 1. The van der Waals surface area contributed by atoms with Gasteiger partial charge in [-0.05, 0) is 62.2 Å². The van der Waals surface area contributed by atoms with E-state index in [1.54, 1.807) is 37.3 Å². The van der Waals surface area contributed by atoms with Gasteiger partial charge in [0.15, 0.2) is 0 Å². The number of amides is 1. The monoisotopic (exact) mass is 414 g/mol. The molecule has 0 saturated carbocycles. The Hall–Kier alpha value is -1.76. The maximum Gasteiger partial charge on any atom is 0.248 e. The molecule has 0 aliphatic carbocycles. The van der Waals surface area contributed by atoms with Gasteiger partial charge in [-0.1, -0.05) is 29.3 Å². The van der Waals surface area contributed by atoms with Crippen molar-refractivity contribution in [1.82, 2.24) is 0 Å². The van der Waals surface area contributed by atoms with Gasteiger partial charge >= 0.3 is 0 Å². The van der Waals surface area contributed by atoms with Gasteiger partial charge in [0.1, 0.15) is 6.04 Å². The predicted octanol–water partition coefficient (Wildman–Crippen LogP) is 4.40. The highest BCUT2D eigenvalue weighted by Crippen LogP contribution is 2.29. The van der Waals surface area contributed by atoms with Crippen molar-refractivity contribution in [3.8, 4) is 0 Å². The fourth-order valence-corrected chi connectivity index (χ4v) is 4.22. The summed E-state index contributed by atoms with van der Waals surface area (Å²) in [5.74, 6) is -0.458. The third-order valence-electron chi connectivity index (χ3n) is 3.94. The number of aryl methyl sites for hydroxylation is 2. The molecule has 0 radical (unpaired) electrons. The smallest absolute Gasteiger partial charge is 0.248 e. The van der Waals surface area contributed by atoms with Crippen LogP contribution < -0.4 is 9.62 Å². The van der Waals surface area contributed by atoms with Crippen molar-refractivity contribution in [3.05, 3.63) is 57.6 Å². The molecule has 0 spiro atoms. The van der Waals surface area contributed by atoms with Gasteiger partial charge in [0.05, 0.1) is 11.9 Å². The van der Waals surface area contributed by atoms with Crippen LogP contribution in [0.3, 0.4) is 0 Å². The van der Waals surface area contributed by atoms with E-state index in [-0.39, 0.29) is 0 Å². The second-order valence-electron chi connectivity index (χ2n) is 6.11. The summed E-state index contributed by atoms with van der Waals surface area (Å²) in [5, 5.41) is 3.70. The first-order chi connectivity index (χ1) is 12.0. The Morgan fingerprint density at radius 3 is 2.19 bits per heavy atom. The Balaban J connectivity index is 2.39. The molecule has 26 heavy (non-hydrogen) atoms. The number of nitrogens with one attached hydrogen (secondary N) is 1. The molecule has 140 valence electrons. The lowest BCUT2D eigenvalue weighted by molar-refractivity contribution is -0.116. The molecular weight excluding hydrogens is 395 g/mol. The van der Waals surface area contributed by atoms with E-state index in [0.717, 1.165) is 16.1 Å². The molecule has 1 N–H and O–H groups in total. The minimum atomic E-state index is -3.72. The van der Waals surface area contributed by atoms with Crippen molar-refractivity contribution in [2.24, 2.45) is 0 Å². The molecule has 2 rings (SSSR count). The van der Waals surface area contributed by atoms with Crippen molar-refractivity contribution in [2.45, 2.75) is 26.8 Å². The number of hydrogen-bond acceptors (Lipinski definition) is 3. The first kappa shape index (κ1) is 20.6. The Kier molecular flexibility index (Phi) is 6.21. The van der Waals surface area contributed by atoms with Gasteiger partial charge < -0.3 is 5.32 Å². The molecule has 0 heterocycles. The lowest BCUT2D eigenvalue weighted by atomic mass is 10.1. The average molecular weight is 415 g/mol. The second kappa shape index (κ2) is 7.86. The second-order valence-corrected chi connectivity index (χ2v) is 8.85. The Morgan fingerprint density at radius 1 is 1.04 bits per heavy atom. The van der Waals surface area contributed by atoms with Crippen LogP contribution in [0.4, 0.5) is 11.4 Å². The summed E-state index contributed by atoms with van der Waals surface area (Å²) in [6.45, 7) is 5.10. The highest BCUT2D eigenvalue weighted by molar-refractivity contribution is 7.92. The van der Waals surface area contributed by atoms with E-state index in [1.165, 1.54) is 13.0 Å². The van der Waals surface area contributed by atoms with E-state index < -0.39 is 22.0 Å². The first-order valence-electron chi connectivity index (χ1n) is 7.83. The zero-order valence-electron chi connectivity index (χ0n) is 14.9. The molecule has 2 aromatic rings. The molecule has 0 fully saturated rings. The van der Waals surface area contributed by atoms with E-state index in [0.29, 0.717) is 27.0 Å².